The van der Waals surface area contributed by atoms with Crippen LogP contribution in [0.1, 0.15) is 33.1 Å². The Morgan fingerprint density at radius 2 is 1.93 bits per heavy atom. The highest BCUT2D eigenvalue weighted by Crippen LogP contribution is 2.27. The summed E-state index contributed by atoms with van der Waals surface area (Å²) in [6.45, 7) is 4.49. The van der Waals surface area contributed by atoms with Crippen molar-refractivity contribution in [2.24, 2.45) is 0 Å². The van der Waals surface area contributed by atoms with E-state index in [1.165, 1.54) is 19.3 Å². The van der Waals surface area contributed by atoms with Crippen LogP contribution in [0.5, 0.6) is 0 Å². The number of aromatic nitrogens is 2. The first-order valence-electron chi connectivity index (χ1n) is 5.54. The summed E-state index contributed by atoms with van der Waals surface area (Å²) in [6, 6.07) is 2.95. The van der Waals surface area contributed by atoms with Crippen LogP contribution < -0.4 is 10.6 Å². The molecule has 0 bridgehead atoms. The number of hydrogen-bond acceptors (Lipinski definition) is 4. The van der Waals surface area contributed by atoms with Crippen LogP contribution in [-0.4, -0.2) is 22.1 Å². The molecular weight excluding hydrogens is 188 g/mol. The normalized spacial score (nSPS) is 26.7. The molecule has 4 nitrogen and oxygen atoms in total. The van der Waals surface area contributed by atoms with Crippen LogP contribution in [-0.2, 0) is 0 Å². The molecule has 0 aromatic carbocycles. The third-order valence-corrected chi connectivity index (χ3v) is 3.13. The van der Waals surface area contributed by atoms with Gasteiger partial charge in [-0.05, 0) is 33.1 Å². The lowest BCUT2D eigenvalue weighted by atomic mass is 9.97. The third-order valence-electron chi connectivity index (χ3n) is 3.13. The zero-order chi connectivity index (χ0) is 10.8. The van der Waals surface area contributed by atoms with Gasteiger partial charge in [-0.15, -0.1) is 0 Å². The Morgan fingerprint density at radius 3 is 2.53 bits per heavy atom. The van der Waals surface area contributed by atoms with E-state index in [0.717, 1.165) is 5.82 Å². The van der Waals surface area contributed by atoms with Gasteiger partial charge in [-0.1, -0.05) is 0 Å². The summed E-state index contributed by atoms with van der Waals surface area (Å²) in [6.07, 6.45) is 5.31. The minimum atomic E-state index is 0.544. The molecule has 82 valence electrons. The highest BCUT2D eigenvalue weighted by atomic mass is 15.2. The number of nitrogen functional groups attached to an aromatic ring is 1. The van der Waals surface area contributed by atoms with E-state index in [4.69, 9.17) is 5.73 Å². The minimum absolute atomic E-state index is 0.544. The average molecular weight is 206 g/mol. The molecular formula is C11H18N4. The van der Waals surface area contributed by atoms with Gasteiger partial charge in [0, 0.05) is 18.2 Å². The van der Waals surface area contributed by atoms with E-state index in [0.29, 0.717) is 17.9 Å². The van der Waals surface area contributed by atoms with Crippen molar-refractivity contribution in [1.82, 2.24) is 9.97 Å². The van der Waals surface area contributed by atoms with Crippen molar-refractivity contribution in [3.63, 3.8) is 0 Å². The quantitative estimate of drug-likeness (QED) is 0.761. The van der Waals surface area contributed by atoms with E-state index >= 15 is 0 Å². The Kier molecular flexibility index (Phi) is 2.75. The number of rotatable bonds is 1. The van der Waals surface area contributed by atoms with Gasteiger partial charge in [-0.25, -0.2) is 9.97 Å². The zero-order valence-corrected chi connectivity index (χ0v) is 9.35. The Hall–Kier alpha value is -1.32. The second-order valence-corrected chi connectivity index (χ2v) is 4.34. The average Bonchev–Trinajstić information content (AvgIpc) is 2.17. The molecule has 2 rings (SSSR count). The molecule has 1 fully saturated rings. The van der Waals surface area contributed by atoms with Gasteiger partial charge < -0.3 is 10.6 Å². The summed E-state index contributed by atoms with van der Waals surface area (Å²) < 4.78 is 0. The largest absolute Gasteiger partial charge is 0.384 e. The fraction of sp³-hybridized carbons (Fsp3) is 0.636. The molecule has 2 N–H and O–H groups in total. The minimum Gasteiger partial charge on any atom is -0.384 e. The summed E-state index contributed by atoms with van der Waals surface area (Å²) in [7, 11) is 0. The van der Waals surface area contributed by atoms with Crippen molar-refractivity contribution in [2.75, 3.05) is 10.6 Å². The van der Waals surface area contributed by atoms with E-state index in [1.807, 2.05) is 6.07 Å². The highest BCUT2D eigenvalue weighted by Gasteiger charge is 2.25. The van der Waals surface area contributed by atoms with Gasteiger partial charge in [-0.2, -0.15) is 0 Å². The van der Waals surface area contributed by atoms with Gasteiger partial charge in [0.05, 0.1) is 0 Å². The maximum absolute atomic E-state index is 5.68. The Balaban J connectivity index is 2.27. The molecule has 0 radical (unpaired) electrons. The highest BCUT2D eigenvalue weighted by molar-refractivity contribution is 5.47. The molecule has 4 heteroatoms. The summed E-state index contributed by atoms with van der Waals surface area (Å²) in [5.74, 6) is 1.51. The van der Waals surface area contributed by atoms with Gasteiger partial charge in [0.15, 0.2) is 0 Å². The van der Waals surface area contributed by atoms with Crippen LogP contribution >= 0.6 is 0 Å². The first-order chi connectivity index (χ1) is 7.18. The van der Waals surface area contributed by atoms with E-state index in [1.54, 1.807) is 6.33 Å². The van der Waals surface area contributed by atoms with Crippen LogP contribution in [0.25, 0.3) is 0 Å². The van der Waals surface area contributed by atoms with E-state index in [-0.39, 0.29) is 0 Å². The molecule has 0 aliphatic carbocycles. The summed E-state index contributed by atoms with van der Waals surface area (Å²) in [5, 5.41) is 0. The Morgan fingerprint density at radius 1 is 1.27 bits per heavy atom. The van der Waals surface area contributed by atoms with Gasteiger partial charge in [0.1, 0.15) is 18.0 Å². The molecule has 0 unspecified atom stereocenters. The summed E-state index contributed by atoms with van der Waals surface area (Å²) in [4.78, 5) is 10.6. The fourth-order valence-electron chi connectivity index (χ4n) is 2.38. The second-order valence-electron chi connectivity index (χ2n) is 4.34. The molecule has 1 aromatic heterocycles. The molecule has 1 aliphatic rings. The molecule has 0 spiro atoms. The number of nitrogens with two attached hydrogens (primary N) is 1. The van der Waals surface area contributed by atoms with Gasteiger partial charge >= 0.3 is 0 Å². The van der Waals surface area contributed by atoms with Gasteiger partial charge in [0.25, 0.3) is 0 Å². The predicted molar refractivity (Wildman–Crippen MR) is 61.7 cm³/mol. The smallest absolute Gasteiger partial charge is 0.134 e. The van der Waals surface area contributed by atoms with Crippen molar-refractivity contribution in [1.29, 1.82) is 0 Å². The topological polar surface area (TPSA) is 55.0 Å². The third kappa shape index (κ3) is 2.03. The lowest BCUT2D eigenvalue weighted by molar-refractivity contribution is 0.411. The van der Waals surface area contributed by atoms with Crippen molar-refractivity contribution < 1.29 is 0 Å². The molecule has 1 aliphatic heterocycles. The van der Waals surface area contributed by atoms with E-state index in [2.05, 4.69) is 28.7 Å². The lowest BCUT2D eigenvalue weighted by Crippen LogP contribution is -2.44. The fourth-order valence-corrected chi connectivity index (χ4v) is 2.38. The number of nitrogens with zero attached hydrogens (tertiary/aromatic N) is 3. The Bertz CT molecular complexity index is 329. The number of anilines is 2. The van der Waals surface area contributed by atoms with Crippen molar-refractivity contribution in [2.45, 2.75) is 45.2 Å². The van der Waals surface area contributed by atoms with Crippen LogP contribution in [0.4, 0.5) is 11.6 Å². The van der Waals surface area contributed by atoms with Gasteiger partial charge in [0.2, 0.25) is 0 Å². The SMILES string of the molecule is C[C@H]1CCC[C@H](C)N1c1cc(N)ncn1. The number of piperidine rings is 1. The van der Waals surface area contributed by atoms with Crippen molar-refractivity contribution in [3.8, 4) is 0 Å². The molecule has 1 saturated heterocycles. The molecule has 0 saturated carbocycles. The van der Waals surface area contributed by atoms with E-state index < -0.39 is 0 Å². The van der Waals surface area contributed by atoms with Crippen molar-refractivity contribution >= 4 is 11.6 Å². The van der Waals surface area contributed by atoms with Crippen molar-refractivity contribution in [3.05, 3.63) is 12.4 Å². The molecule has 0 amide bonds. The maximum Gasteiger partial charge on any atom is 0.134 e. The maximum atomic E-state index is 5.68. The molecule has 2 atom stereocenters. The molecule has 2 heterocycles. The first-order valence-corrected chi connectivity index (χ1v) is 5.54. The summed E-state index contributed by atoms with van der Waals surface area (Å²) in [5.41, 5.74) is 5.68. The summed E-state index contributed by atoms with van der Waals surface area (Å²) >= 11 is 0. The van der Waals surface area contributed by atoms with Crippen LogP contribution in [0, 0.1) is 0 Å². The predicted octanol–water partition coefficient (Wildman–Crippen LogP) is 1.83. The van der Waals surface area contributed by atoms with E-state index in [9.17, 15) is 0 Å². The molecule has 1 aromatic rings. The number of hydrogen-bond donors (Lipinski definition) is 1. The van der Waals surface area contributed by atoms with Crippen LogP contribution in [0.15, 0.2) is 12.4 Å². The first kappa shape index (κ1) is 10.2. The molecule has 15 heavy (non-hydrogen) atoms. The monoisotopic (exact) mass is 206 g/mol. The standard InChI is InChI=1S/C11H18N4/c1-8-4-3-5-9(2)15(8)11-6-10(12)13-7-14-11/h6-9H,3-5H2,1-2H3,(H2,12,13,14)/t8-,9-/m0/s1. The Labute approximate surface area is 90.5 Å². The second kappa shape index (κ2) is 4.04. The van der Waals surface area contributed by atoms with Crippen LogP contribution in [0.2, 0.25) is 0 Å². The zero-order valence-electron chi connectivity index (χ0n) is 9.35. The lowest BCUT2D eigenvalue weighted by Gasteiger charge is -2.39. The van der Waals surface area contributed by atoms with Crippen LogP contribution in [0.3, 0.4) is 0 Å². The van der Waals surface area contributed by atoms with Gasteiger partial charge in [-0.3, -0.25) is 0 Å².